The van der Waals surface area contributed by atoms with Gasteiger partial charge in [-0.1, -0.05) is 6.42 Å². The first-order valence-electron chi connectivity index (χ1n) is 4.75. The summed E-state index contributed by atoms with van der Waals surface area (Å²) in [5.74, 6) is -1.25. The summed E-state index contributed by atoms with van der Waals surface area (Å²) in [6, 6.07) is -1.42. The van der Waals surface area contributed by atoms with E-state index in [1.54, 1.807) is 7.05 Å². The molecule has 1 aliphatic rings. The Morgan fingerprint density at radius 1 is 1.57 bits per heavy atom. The average molecular weight is 200 g/mol. The highest BCUT2D eigenvalue weighted by Crippen LogP contribution is 2.26. The molecule has 80 valence electrons. The second-order valence-corrected chi connectivity index (χ2v) is 3.83. The van der Waals surface area contributed by atoms with Crippen molar-refractivity contribution in [3.63, 3.8) is 0 Å². The molecule has 1 atom stereocenters. The minimum absolute atomic E-state index is 0.510. The van der Waals surface area contributed by atoms with Crippen molar-refractivity contribution in [1.82, 2.24) is 4.90 Å². The molecular weight excluding hydrogens is 184 g/mol. The molecule has 0 saturated heterocycles. The van der Waals surface area contributed by atoms with Crippen LogP contribution in [0.25, 0.3) is 0 Å². The molecule has 0 aromatic rings. The zero-order chi connectivity index (χ0) is 10.7. The Morgan fingerprint density at radius 2 is 2.14 bits per heavy atom. The molecule has 0 aromatic carbocycles. The molecule has 1 aliphatic carbocycles. The fraction of sp³-hybridized carbons (Fsp3) is 0.778. The maximum absolute atomic E-state index is 11.4. The van der Waals surface area contributed by atoms with Crippen LogP contribution in [0, 0.1) is 5.92 Å². The second-order valence-electron chi connectivity index (χ2n) is 3.83. The van der Waals surface area contributed by atoms with Gasteiger partial charge in [0.2, 0.25) is 0 Å². The molecule has 1 amide bonds. The molecule has 1 rings (SSSR count). The molecule has 1 unspecified atom stereocenters. The van der Waals surface area contributed by atoms with E-state index in [1.165, 1.54) is 11.3 Å². The number of aliphatic carboxylic acids is 1. The molecule has 14 heavy (non-hydrogen) atoms. The monoisotopic (exact) mass is 200 g/mol. The summed E-state index contributed by atoms with van der Waals surface area (Å²) in [7, 11) is 1.60. The molecule has 0 radical (unpaired) electrons. The number of hydrogen-bond acceptors (Lipinski definition) is 3. The van der Waals surface area contributed by atoms with Crippen molar-refractivity contribution in [3.05, 3.63) is 0 Å². The minimum atomic E-state index is -1.42. The van der Waals surface area contributed by atoms with Crippen LogP contribution in [0.2, 0.25) is 0 Å². The highest BCUT2D eigenvalue weighted by molar-refractivity contribution is 6.00. The third kappa shape index (κ3) is 2.45. The van der Waals surface area contributed by atoms with Crippen LogP contribution in [0.3, 0.4) is 0 Å². The number of carbonyl (C=O) groups is 2. The van der Waals surface area contributed by atoms with Gasteiger partial charge >= 0.3 is 5.97 Å². The zero-order valence-electron chi connectivity index (χ0n) is 8.27. The van der Waals surface area contributed by atoms with Crippen molar-refractivity contribution >= 4 is 11.9 Å². The number of carbonyl (C=O) groups excluding carboxylic acids is 1. The Morgan fingerprint density at radius 3 is 2.50 bits per heavy atom. The molecule has 0 spiro atoms. The molecule has 3 N–H and O–H groups in total. The van der Waals surface area contributed by atoms with Gasteiger partial charge in [-0.05, 0) is 18.8 Å². The van der Waals surface area contributed by atoms with Gasteiger partial charge in [0.25, 0.3) is 5.91 Å². The first-order valence-corrected chi connectivity index (χ1v) is 4.75. The maximum atomic E-state index is 11.4. The van der Waals surface area contributed by atoms with Gasteiger partial charge in [0, 0.05) is 13.6 Å². The summed E-state index contributed by atoms with van der Waals surface area (Å²) in [5, 5.41) is 8.53. The van der Waals surface area contributed by atoms with E-state index in [1.807, 2.05) is 0 Å². The van der Waals surface area contributed by atoms with Crippen LogP contribution in [-0.2, 0) is 9.59 Å². The Labute approximate surface area is 82.9 Å². The van der Waals surface area contributed by atoms with Crippen LogP contribution in [0.1, 0.15) is 19.3 Å². The predicted octanol–water partition coefficient (Wildman–Crippen LogP) is -0.343. The summed E-state index contributed by atoms with van der Waals surface area (Å²) >= 11 is 0. The summed E-state index contributed by atoms with van der Waals surface area (Å²) in [5.41, 5.74) is 5.21. The van der Waals surface area contributed by atoms with Crippen molar-refractivity contribution in [2.45, 2.75) is 25.3 Å². The average Bonchev–Trinajstić information content (AvgIpc) is 2.08. The zero-order valence-corrected chi connectivity index (χ0v) is 8.27. The number of carboxylic acid groups (broad SMARTS) is 1. The first kappa shape index (κ1) is 11.0. The van der Waals surface area contributed by atoms with Crippen molar-refractivity contribution in [2.24, 2.45) is 11.7 Å². The molecule has 0 aliphatic heterocycles. The van der Waals surface area contributed by atoms with E-state index in [0.29, 0.717) is 12.5 Å². The third-order valence-electron chi connectivity index (χ3n) is 2.67. The summed E-state index contributed by atoms with van der Waals surface area (Å²) in [6.45, 7) is 0.625. The van der Waals surface area contributed by atoms with Crippen molar-refractivity contribution in [1.29, 1.82) is 0 Å². The number of amides is 1. The summed E-state index contributed by atoms with van der Waals surface area (Å²) < 4.78 is 0. The molecular formula is C9H16N2O3. The number of carboxylic acids is 1. The minimum Gasteiger partial charge on any atom is -0.480 e. The quantitative estimate of drug-likeness (QED) is 0.608. The summed E-state index contributed by atoms with van der Waals surface area (Å²) in [4.78, 5) is 23.2. The van der Waals surface area contributed by atoms with E-state index < -0.39 is 17.9 Å². The van der Waals surface area contributed by atoms with E-state index in [-0.39, 0.29) is 0 Å². The fourth-order valence-corrected chi connectivity index (χ4v) is 1.50. The highest BCUT2D eigenvalue weighted by atomic mass is 16.4. The van der Waals surface area contributed by atoms with Gasteiger partial charge in [-0.2, -0.15) is 0 Å². The fourth-order valence-electron chi connectivity index (χ4n) is 1.50. The number of nitrogens with two attached hydrogens (primary N) is 1. The van der Waals surface area contributed by atoms with Crippen molar-refractivity contribution in [2.75, 3.05) is 13.6 Å². The SMILES string of the molecule is CN(CC1CCC1)C(=O)C(N)C(=O)O. The van der Waals surface area contributed by atoms with E-state index in [2.05, 4.69) is 0 Å². The molecule has 5 nitrogen and oxygen atoms in total. The largest absolute Gasteiger partial charge is 0.480 e. The lowest BCUT2D eigenvalue weighted by molar-refractivity contribution is -0.146. The van der Waals surface area contributed by atoms with Crippen molar-refractivity contribution in [3.8, 4) is 0 Å². The smallest absolute Gasteiger partial charge is 0.330 e. The predicted molar refractivity (Wildman–Crippen MR) is 50.6 cm³/mol. The van der Waals surface area contributed by atoms with Gasteiger partial charge < -0.3 is 15.7 Å². The van der Waals surface area contributed by atoms with Gasteiger partial charge in [-0.25, -0.2) is 4.79 Å². The van der Waals surface area contributed by atoms with E-state index in [9.17, 15) is 9.59 Å². The second kappa shape index (κ2) is 4.41. The van der Waals surface area contributed by atoms with Crippen LogP contribution in [0.15, 0.2) is 0 Å². The van der Waals surface area contributed by atoms with Gasteiger partial charge in [0.15, 0.2) is 6.04 Å². The lowest BCUT2D eigenvalue weighted by Crippen LogP contribution is -2.48. The molecule has 0 bridgehead atoms. The highest BCUT2D eigenvalue weighted by Gasteiger charge is 2.27. The van der Waals surface area contributed by atoms with E-state index in [4.69, 9.17) is 10.8 Å². The Bertz CT molecular complexity index is 238. The van der Waals surface area contributed by atoms with Crippen molar-refractivity contribution < 1.29 is 14.7 Å². The number of likely N-dealkylation sites (N-methyl/N-ethyl adjacent to an activating group) is 1. The van der Waals surface area contributed by atoms with E-state index >= 15 is 0 Å². The van der Waals surface area contributed by atoms with E-state index in [0.717, 1.165) is 12.8 Å². The van der Waals surface area contributed by atoms with Gasteiger partial charge in [0.05, 0.1) is 0 Å². The first-order chi connectivity index (χ1) is 6.52. The Kier molecular flexibility index (Phi) is 3.46. The van der Waals surface area contributed by atoms with Crippen LogP contribution in [-0.4, -0.2) is 41.5 Å². The molecule has 0 heterocycles. The Balaban J connectivity index is 2.38. The molecule has 5 heteroatoms. The Hall–Kier alpha value is -1.10. The van der Waals surface area contributed by atoms with Crippen LogP contribution < -0.4 is 5.73 Å². The number of nitrogens with zero attached hydrogens (tertiary/aromatic N) is 1. The van der Waals surface area contributed by atoms with Crippen LogP contribution >= 0.6 is 0 Å². The maximum Gasteiger partial charge on any atom is 0.330 e. The number of hydrogen-bond donors (Lipinski definition) is 2. The van der Waals surface area contributed by atoms with Gasteiger partial charge in [-0.15, -0.1) is 0 Å². The molecule has 1 fully saturated rings. The molecule has 0 aromatic heterocycles. The topological polar surface area (TPSA) is 83.6 Å². The standard InChI is InChI=1S/C9H16N2O3/c1-11(5-6-3-2-4-6)8(12)7(10)9(13)14/h6-7H,2-5,10H2,1H3,(H,13,14). The normalized spacial score (nSPS) is 18.4. The van der Waals surface area contributed by atoms with Gasteiger partial charge in [0.1, 0.15) is 0 Å². The van der Waals surface area contributed by atoms with Crippen LogP contribution in [0.5, 0.6) is 0 Å². The number of rotatable bonds is 4. The lowest BCUT2D eigenvalue weighted by Gasteiger charge is -2.30. The van der Waals surface area contributed by atoms with Crippen LogP contribution in [0.4, 0.5) is 0 Å². The lowest BCUT2D eigenvalue weighted by atomic mass is 9.85. The summed E-state index contributed by atoms with van der Waals surface area (Å²) in [6.07, 6.45) is 3.46. The molecule has 1 saturated carbocycles. The van der Waals surface area contributed by atoms with Gasteiger partial charge in [-0.3, -0.25) is 4.79 Å². The third-order valence-corrected chi connectivity index (χ3v) is 2.67.